The average Bonchev–Trinajstić information content (AvgIpc) is 2.47. The molecule has 2 aliphatic rings. The van der Waals surface area contributed by atoms with Crippen LogP contribution in [0.5, 0.6) is 11.5 Å². The first-order valence-electron chi connectivity index (χ1n) is 6.61. The van der Waals surface area contributed by atoms with Crippen molar-refractivity contribution in [3.63, 3.8) is 0 Å². The largest absolute Gasteiger partial charge is 0.486 e. The molecule has 0 spiro atoms. The average molecular weight is 329 g/mol. The normalized spacial score (nSPS) is 26.2. The summed E-state index contributed by atoms with van der Waals surface area (Å²) in [7, 11) is 0. The number of fused-ring (bicyclic) bond motifs is 1. The summed E-state index contributed by atoms with van der Waals surface area (Å²) in [5, 5.41) is 9.48. The summed E-state index contributed by atoms with van der Waals surface area (Å²) < 4.78 is 17.9. The van der Waals surface area contributed by atoms with Crippen molar-refractivity contribution in [2.45, 2.75) is 18.9 Å². The molecule has 0 amide bonds. The van der Waals surface area contributed by atoms with Gasteiger partial charge in [0.15, 0.2) is 11.5 Å². The van der Waals surface area contributed by atoms with E-state index in [1.165, 1.54) is 0 Å². The highest BCUT2D eigenvalue weighted by Gasteiger charge is 2.29. The fraction of sp³-hybridized carbons (Fsp3) is 0.571. The molecule has 0 aromatic heterocycles. The number of ether oxygens (including phenoxy) is 3. The van der Waals surface area contributed by atoms with Crippen LogP contribution < -0.4 is 9.47 Å². The van der Waals surface area contributed by atoms with Crippen molar-refractivity contribution < 1.29 is 19.3 Å². The maximum absolute atomic E-state index is 9.48. The van der Waals surface area contributed by atoms with Gasteiger partial charge in [-0.25, -0.2) is 0 Å². The van der Waals surface area contributed by atoms with Gasteiger partial charge in [0.25, 0.3) is 0 Å². The molecule has 1 N–H and O–H groups in total. The Kier molecular flexibility index (Phi) is 3.96. The van der Waals surface area contributed by atoms with Gasteiger partial charge in [0, 0.05) is 19.1 Å². The lowest BCUT2D eigenvalue weighted by molar-refractivity contribution is -0.0459. The highest BCUT2D eigenvalue weighted by molar-refractivity contribution is 9.10. The van der Waals surface area contributed by atoms with E-state index in [0.29, 0.717) is 13.2 Å². The molecule has 2 aliphatic heterocycles. The molecule has 2 unspecified atom stereocenters. The summed E-state index contributed by atoms with van der Waals surface area (Å²) in [6, 6.07) is 3.98. The van der Waals surface area contributed by atoms with Gasteiger partial charge in [0.2, 0.25) is 0 Å². The van der Waals surface area contributed by atoms with Crippen LogP contribution in [-0.4, -0.2) is 31.5 Å². The van der Waals surface area contributed by atoms with Crippen molar-refractivity contribution in [3.8, 4) is 11.5 Å². The summed E-state index contributed by atoms with van der Waals surface area (Å²) >= 11 is 3.52. The number of hydrogen-bond donors (Lipinski definition) is 1. The molecular weight excluding hydrogens is 312 g/mol. The summed E-state index contributed by atoms with van der Waals surface area (Å²) in [5.74, 6) is 1.66. The topological polar surface area (TPSA) is 47.9 Å². The Morgan fingerprint density at radius 1 is 1.21 bits per heavy atom. The standard InChI is InChI=1S/C14H17BrO4/c15-11-6-10(7-12-14(11)19-5-4-17-12)13-9(8-16)2-1-3-18-13/h6-7,9,13,16H,1-5,8H2. The first-order chi connectivity index (χ1) is 9.29. The van der Waals surface area contributed by atoms with Crippen LogP contribution in [0, 0.1) is 5.92 Å². The van der Waals surface area contributed by atoms with Gasteiger partial charge in [-0.15, -0.1) is 0 Å². The van der Waals surface area contributed by atoms with E-state index in [1.54, 1.807) is 0 Å². The van der Waals surface area contributed by atoms with E-state index in [-0.39, 0.29) is 18.6 Å². The molecule has 2 heterocycles. The van der Waals surface area contributed by atoms with Crippen molar-refractivity contribution in [2.75, 3.05) is 26.4 Å². The van der Waals surface area contributed by atoms with E-state index < -0.39 is 0 Å². The summed E-state index contributed by atoms with van der Waals surface area (Å²) in [6.45, 7) is 2.03. The molecule has 0 saturated carbocycles. The maximum Gasteiger partial charge on any atom is 0.175 e. The van der Waals surface area contributed by atoms with Crippen LogP contribution in [0.15, 0.2) is 16.6 Å². The Morgan fingerprint density at radius 3 is 2.89 bits per heavy atom. The third-order valence-electron chi connectivity index (χ3n) is 3.63. The fourth-order valence-corrected chi connectivity index (χ4v) is 3.27. The van der Waals surface area contributed by atoms with E-state index in [9.17, 15) is 5.11 Å². The SMILES string of the molecule is OCC1CCCOC1c1cc(Br)c2c(c1)OCCO2. The molecule has 19 heavy (non-hydrogen) atoms. The van der Waals surface area contributed by atoms with Crippen molar-refractivity contribution in [1.29, 1.82) is 0 Å². The zero-order valence-corrected chi connectivity index (χ0v) is 12.2. The molecule has 1 saturated heterocycles. The molecule has 0 radical (unpaired) electrons. The zero-order valence-electron chi connectivity index (χ0n) is 10.6. The van der Waals surface area contributed by atoms with Gasteiger partial charge in [-0.3, -0.25) is 0 Å². The van der Waals surface area contributed by atoms with Gasteiger partial charge in [-0.05, 0) is 46.5 Å². The predicted octanol–water partition coefficient (Wildman–Crippen LogP) is 2.68. The number of rotatable bonds is 2. The van der Waals surface area contributed by atoms with Crippen LogP contribution in [0.3, 0.4) is 0 Å². The second kappa shape index (κ2) is 5.69. The van der Waals surface area contributed by atoms with Gasteiger partial charge in [0.1, 0.15) is 13.2 Å². The van der Waals surface area contributed by atoms with E-state index in [1.807, 2.05) is 12.1 Å². The zero-order chi connectivity index (χ0) is 13.2. The van der Waals surface area contributed by atoms with Gasteiger partial charge in [-0.2, -0.15) is 0 Å². The molecule has 1 fully saturated rings. The lowest BCUT2D eigenvalue weighted by Gasteiger charge is -2.31. The third kappa shape index (κ3) is 2.59. The van der Waals surface area contributed by atoms with Gasteiger partial charge < -0.3 is 19.3 Å². The summed E-state index contributed by atoms with van der Waals surface area (Å²) in [6.07, 6.45) is 1.94. The van der Waals surface area contributed by atoms with Gasteiger partial charge >= 0.3 is 0 Å². The van der Waals surface area contributed by atoms with Crippen LogP contribution >= 0.6 is 15.9 Å². The summed E-state index contributed by atoms with van der Waals surface area (Å²) in [5.41, 5.74) is 1.04. The van der Waals surface area contributed by atoms with E-state index in [4.69, 9.17) is 14.2 Å². The van der Waals surface area contributed by atoms with Gasteiger partial charge in [0.05, 0.1) is 10.6 Å². The Balaban J connectivity index is 1.93. The van der Waals surface area contributed by atoms with Crippen molar-refractivity contribution >= 4 is 15.9 Å². The highest BCUT2D eigenvalue weighted by atomic mass is 79.9. The highest BCUT2D eigenvalue weighted by Crippen LogP contribution is 2.43. The Labute approximate surface area is 120 Å². The Hall–Kier alpha value is -0.780. The van der Waals surface area contributed by atoms with Crippen LogP contribution in [-0.2, 0) is 4.74 Å². The molecule has 1 aromatic carbocycles. The lowest BCUT2D eigenvalue weighted by atomic mass is 9.90. The molecular formula is C14H17BrO4. The fourth-order valence-electron chi connectivity index (χ4n) is 2.69. The number of hydrogen-bond acceptors (Lipinski definition) is 4. The van der Waals surface area contributed by atoms with Crippen molar-refractivity contribution in [2.24, 2.45) is 5.92 Å². The van der Waals surface area contributed by atoms with Gasteiger partial charge in [-0.1, -0.05) is 0 Å². The lowest BCUT2D eigenvalue weighted by Crippen LogP contribution is -2.25. The Morgan fingerprint density at radius 2 is 2.05 bits per heavy atom. The molecule has 5 heteroatoms. The maximum atomic E-state index is 9.48. The first-order valence-corrected chi connectivity index (χ1v) is 7.40. The minimum Gasteiger partial charge on any atom is -0.486 e. The molecule has 0 bridgehead atoms. The van der Waals surface area contributed by atoms with Crippen LogP contribution in [0.4, 0.5) is 0 Å². The molecule has 2 atom stereocenters. The van der Waals surface area contributed by atoms with E-state index >= 15 is 0 Å². The Bertz CT molecular complexity index is 463. The summed E-state index contributed by atoms with van der Waals surface area (Å²) in [4.78, 5) is 0. The number of aliphatic hydroxyl groups is 1. The van der Waals surface area contributed by atoms with E-state index in [0.717, 1.165) is 41.0 Å². The molecule has 104 valence electrons. The van der Waals surface area contributed by atoms with Crippen molar-refractivity contribution in [1.82, 2.24) is 0 Å². The van der Waals surface area contributed by atoms with Crippen LogP contribution in [0.25, 0.3) is 0 Å². The molecule has 4 nitrogen and oxygen atoms in total. The second-order valence-electron chi connectivity index (χ2n) is 4.90. The molecule has 0 aliphatic carbocycles. The molecule has 1 aromatic rings. The van der Waals surface area contributed by atoms with Crippen LogP contribution in [0.2, 0.25) is 0 Å². The third-order valence-corrected chi connectivity index (χ3v) is 4.22. The van der Waals surface area contributed by atoms with E-state index in [2.05, 4.69) is 15.9 Å². The first kappa shape index (κ1) is 13.2. The second-order valence-corrected chi connectivity index (χ2v) is 5.76. The number of benzene rings is 1. The quantitative estimate of drug-likeness (QED) is 0.906. The number of aliphatic hydroxyl groups excluding tert-OH is 1. The number of halogens is 1. The minimum absolute atomic E-state index is 0.0640. The molecule has 3 rings (SSSR count). The predicted molar refractivity (Wildman–Crippen MR) is 73.6 cm³/mol. The van der Waals surface area contributed by atoms with Crippen molar-refractivity contribution in [3.05, 3.63) is 22.2 Å². The smallest absolute Gasteiger partial charge is 0.175 e. The minimum atomic E-state index is -0.0640. The van der Waals surface area contributed by atoms with Crippen LogP contribution in [0.1, 0.15) is 24.5 Å². The monoisotopic (exact) mass is 328 g/mol.